The first-order valence-corrected chi connectivity index (χ1v) is 9.71. The summed E-state index contributed by atoms with van der Waals surface area (Å²) < 4.78 is 0. The standard InChI is InChI=1S/C21H31N3O2/c1-5-22-10-12-23(13-11-22)20(26)16-14-19(25)24(15-16)18-8-6-17(7-9-18)21(2,3)4/h6-9,16H,5,10-15H2,1-4H3. The summed E-state index contributed by atoms with van der Waals surface area (Å²) in [6.07, 6.45) is 0.327. The van der Waals surface area contributed by atoms with Gasteiger partial charge in [0.2, 0.25) is 11.8 Å². The van der Waals surface area contributed by atoms with Crippen LogP contribution in [0.25, 0.3) is 0 Å². The van der Waals surface area contributed by atoms with Gasteiger partial charge < -0.3 is 14.7 Å². The molecule has 0 saturated carbocycles. The van der Waals surface area contributed by atoms with E-state index in [4.69, 9.17) is 0 Å². The number of likely N-dealkylation sites (N-methyl/N-ethyl adjacent to an activating group) is 1. The first kappa shape index (κ1) is 18.9. The van der Waals surface area contributed by atoms with Crippen LogP contribution in [-0.4, -0.2) is 60.9 Å². The monoisotopic (exact) mass is 357 g/mol. The maximum absolute atomic E-state index is 12.8. The van der Waals surface area contributed by atoms with Gasteiger partial charge in [-0.2, -0.15) is 0 Å². The minimum Gasteiger partial charge on any atom is -0.340 e. The highest BCUT2D eigenvalue weighted by molar-refractivity contribution is 6.00. The molecule has 0 bridgehead atoms. The fraction of sp³-hybridized carbons (Fsp3) is 0.619. The Hall–Kier alpha value is -1.88. The Balaban J connectivity index is 1.64. The van der Waals surface area contributed by atoms with Crippen LogP contribution in [-0.2, 0) is 15.0 Å². The molecule has 0 spiro atoms. The maximum Gasteiger partial charge on any atom is 0.228 e. The van der Waals surface area contributed by atoms with Gasteiger partial charge in [-0.1, -0.05) is 39.8 Å². The van der Waals surface area contributed by atoms with Crippen LogP contribution in [0.3, 0.4) is 0 Å². The summed E-state index contributed by atoms with van der Waals surface area (Å²) in [6, 6.07) is 8.18. The molecule has 1 aromatic carbocycles. The number of hydrogen-bond donors (Lipinski definition) is 0. The van der Waals surface area contributed by atoms with Crippen LogP contribution in [0.4, 0.5) is 5.69 Å². The van der Waals surface area contributed by atoms with Crippen LogP contribution in [0.1, 0.15) is 39.7 Å². The van der Waals surface area contributed by atoms with E-state index in [1.165, 1.54) is 5.56 Å². The third-order valence-electron chi connectivity index (χ3n) is 5.65. The van der Waals surface area contributed by atoms with Crippen molar-refractivity contribution in [3.63, 3.8) is 0 Å². The average Bonchev–Trinajstić information content (AvgIpc) is 3.02. The summed E-state index contributed by atoms with van der Waals surface area (Å²) in [7, 11) is 0. The zero-order valence-corrected chi connectivity index (χ0v) is 16.5. The van der Waals surface area contributed by atoms with Gasteiger partial charge in [0, 0.05) is 44.8 Å². The third-order valence-corrected chi connectivity index (χ3v) is 5.65. The van der Waals surface area contributed by atoms with E-state index in [0.29, 0.717) is 13.0 Å². The maximum atomic E-state index is 12.8. The molecule has 3 rings (SSSR count). The van der Waals surface area contributed by atoms with Gasteiger partial charge in [-0.25, -0.2) is 0 Å². The van der Waals surface area contributed by atoms with E-state index in [0.717, 1.165) is 38.4 Å². The second kappa shape index (κ2) is 7.39. The van der Waals surface area contributed by atoms with Gasteiger partial charge in [0.05, 0.1) is 5.92 Å². The molecule has 0 radical (unpaired) electrons. The molecule has 0 N–H and O–H groups in total. The Labute approximate surface area is 156 Å². The molecule has 2 aliphatic rings. The Bertz CT molecular complexity index is 655. The topological polar surface area (TPSA) is 43.9 Å². The van der Waals surface area contributed by atoms with Crippen molar-refractivity contribution in [2.45, 2.75) is 39.5 Å². The third kappa shape index (κ3) is 3.93. The molecular formula is C21H31N3O2. The van der Waals surface area contributed by atoms with Crippen LogP contribution in [0.2, 0.25) is 0 Å². The van der Waals surface area contributed by atoms with Gasteiger partial charge in [0.25, 0.3) is 0 Å². The number of piperazine rings is 1. The molecule has 0 aromatic heterocycles. The van der Waals surface area contributed by atoms with E-state index in [-0.39, 0.29) is 23.1 Å². The first-order valence-electron chi connectivity index (χ1n) is 9.71. The molecule has 1 unspecified atom stereocenters. The highest BCUT2D eigenvalue weighted by Crippen LogP contribution is 2.29. The summed E-state index contributed by atoms with van der Waals surface area (Å²) in [4.78, 5) is 31.4. The molecule has 2 heterocycles. The molecule has 1 aromatic rings. The SMILES string of the molecule is CCN1CCN(C(=O)C2CC(=O)N(c3ccc(C(C)(C)C)cc3)C2)CC1. The molecule has 2 saturated heterocycles. The first-order chi connectivity index (χ1) is 12.3. The zero-order chi connectivity index (χ0) is 18.9. The molecule has 0 aliphatic carbocycles. The number of amides is 2. The Kier molecular flexibility index (Phi) is 5.37. The lowest BCUT2D eigenvalue weighted by Crippen LogP contribution is -2.50. The zero-order valence-electron chi connectivity index (χ0n) is 16.5. The Morgan fingerprint density at radius 3 is 2.23 bits per heavy atom. The second-order valence-electron chi connectivity index (χ2n) is 8.46. The normalized spacial score (nSPS) is 22.2. The number of carbonyl (C=O) groups excluding carboxylic acids is 2. The number of anilines is 1. The van der Waals surface area contributed by atoms with Gasteiger partial charge in [0.15, 0.2) is 0 Å². The molecule has 26 heavy (non-hydrogen) atoms. The van der Waals surface area contributed by atoms with Gasteiger partial charge in [-0.15, -0.1) is 0 Å². The molecule has 5 nitrogen and oxygen atoms in total. The molecule has 2 amide bonds. The largest absolute Gasteiger partial charge is 0.340 e. The Morgan fingerprint density at radius 1 is 1.08 bits per heavy atom. The quantitative estimate of drug-likeness (QED) is 0.835. The van der Waals surface area contributed by atoms with E-state index < -0.39 is 0 Å². The summed E-state index contributed by atoms with van der Waals surface area (Å²) in [5.74, 6) is -0.0139. The lowest BCUT2D eigenvalue weighted by atomic mass is 9.87. The molecule has 142 valence electrons. The molecular weight excluding hydrogens is 326 g/mol. The number of nitrogens with zero attached hydrogens (tertiary/aromatic N) is 3. The van der Waals surface area contributed by atoms with Crippen molar-refractivity contribution in [2.24, 2.45) is 5.92 Å². The van der Waals surface area contributed by atoms with Gasteiger partial charge >= 0.3 is 0 Å². The van der Waals surface area contributed by atoms with Crippen molar-refractivity contribution in [1.82, 2.24) is 9.80 Å². The van der Waals surface area contributed by atoms with E-state index >= 15 is 0 Å². The summed E-state index contributed by atoms with van der Waals surface area (Å²) in [5.41, 5.74) is 2.23. The number of carbonyl (C=O) groups is 2. The molecule has 2 fully saturated rings. The predicted octanol–water partition coefficient (Wildman–Crippen LogP) is 2.50. The lowest BCUT2D eigenvalue weighted by molar-refractivity contribution is -0.137. The molecule has 2 aliphatic heterocycles. The second-order valence-corrected chi connectivity index (χ2v) is 8.46. The van der Waals surface area contributed by atoms with Crippen LogP contribution in [0.15, 0.2) is 24.3 Å². The number of rotatable bonds is 3. The van der Waals surface area contributed by atoms with Crippen molar-refractivity contribution in [3.8, 4) is 0 Å². The minimum atomic E-state index is -0.210. The minimum absolute atomic E-state index is 0.0547. The number of hydrogen-bond acceptors (Lipinski definition) is 3. The molecule has 5 heteroatoms. The smallest absolute Gasteiger partial charge is 0.228 e. The average molecular weight is 357 g/mol. The van der Waals surface area contributed by atoms with Crippen LogP contribution >= 0.6 is 0 Å². The lowest BCUT2D eigenvalue weighted by Gasteiger charge is -2.35. The van der Waals surface area contributed by atoms with Crippen molar-refractivity contribution in [3.05, 3.63) is 29.8 Å². The number of benzene rings is 1. The van der Waals surface area contributed by atoms with Crippen molar-refractivity contribution < 1.29 is 9.59 Å². The molecule has 1 atom stereocenters. The van der Waals surface area contributed by atoms with E-state index in [1.54, 1.807) is 4.90 Å². The fourth-order valence-electron chi connectivity index (χ4n) is 3.81. The van der Waals surface area contributed by atoms with Crippen LogP contribution in [0, 0.1) is 5.92 Å². The van der Waals surface area contributed by atoms with Crippen LogP contribution < -0.4 is 4.90 Å². The van der Waals surface area contributed by atoms with Gasteiger partial charge in [-0.05, 0) is 29.7 Å². The van der Waals surface area contributed by atoms with Gasteiger partial charge in [0.1, 0.15) is 0 Å². The van der Waals surface area contributed by atoms with Crippen molar-refractivity contribution >= 4 is 17.5 Å². The summed E-state index contributed by atoms with van der Waals surface area (Å²) >= 11 is 0. The Morgan fingerprint density at radius 2 is 1.69 bits per heavy atom. The van der Waals surface area contributed by atoms with Crippen LogP contribution in [0.5, 0.6) is 0 Å². The predicted molar refractivity (Wildman–Crippen MR) is 104 cm³/mol. The summed E-state index contributed by atoms with van der Waals surface area (Å²) in [5, 5.41) is 0. The van der Waals surface area contributed by atoms with E-state index in [1.807, 2.05) is 17.0 Å². The van der Waals surface area contributed by atoms with Crippen molar-refractivity contribution in [2.75, 3.05) is 44.2 Å². The van der Waals surface area contributed by atoms with Crippen molar-refractivity contribution in [1.29, 1.82) is 0 Å². The van der Waals surface area contributed by atoms with Gasteiger partial charge in [-0.3, -0.25) is 9.59 Å². The van der Waals surface area contributed by atoms with E-state index in [9.17, 15) is 9.59 Å². The highest BCUT2D eigenvalue weighted by Gasteiger charge is 2.37. The highest BCUT2D eigenvalue weighted by atomic mass is 16.2. The fourth-order valence-corrected chi connectivity index (χ4v) is 3.81. The summed E-state index contributed by atoms with van der Waals surface area (Å²) in [6.45, 7) is 13.6. The van der Waals surface area contributed by atoms with E-state index in [2.05, 4.69) is 44.7 Å².